The highest BCUT2D eigenvalue weighted by Crippen LogP contribution is 2.65. The zero-order valence-corrected chi connectivity index (χ0v) is 22.2. The second kappa shape index (κ2) is 8.78. The molecule has 2 heterocycles. The first-order valence-electron chi connectivity index (χ1n) is 12.5. The van der Waals surface area contributed by atoms with Crippen molar-refractivity contribution in [3.63, 3.8) is 0 Å². The van der Waals surface area contributed by atoms with Crippen molar-refractivity contribution >= 4 is 23.9 Å². The van der Waals surface area contributed by atoms with Crippen LogP contribution in [0, 0.1) is 11.3 Å². The first kappa shape index (κ1) is 27.5. The lowest BCUT2D eigenvalue weighted by Crippen LogP contribution is -2.72. The van der Waals surface area contributed by atoms with Gasteiger partial charge in [-0.15, -0.1) is 0 Å². The van der Waals surface area contributed by atoms with Gasteiger partial charge >= 0.3 is 23.9 Å². The Kier molecular flexibility index (Phi) is 6.53. The minimum absolute atomic E-state index is 0.109. The van der Waals surface area contributed by atoms with Gasteiger partial charge in [-0.25, -0.2) is 4.79 Å². The Morgan fingerprint density at radius 3 is 2.05 bits per heavy atom. The molecule has 0 amide bonds. The van der Waals surface area contributed by atoms with Crippen LogP contribution in [0.5, 0.6) is 0 Å². The van der Waals surface area contributed by atoms with Gasteiger partial charge in [-0.1, -0.05) is 12.5 Å². The van der Waals surface area contributed by atoms with Gasteiger partial charge in [0.05, 0.1) is 11.5 Å². The number of carbonyl (C=O) groups is 4. The zero-order chi connectivity index (χ0) is 27.7. The molecule has 11 nitrogen and oxygen atoms in total. The quantitative estimate of drug-likeness (QED) is 0.236. The molecular formula is C26H36O11. The Hall–Kier alpha value is -2.50. The fourth-order valence-electron chi connectivity index (χ4n) is 7.00. The molecule has 2 N–H and O–H groups in total. The van der Waals surface area contributed by atoms with Gasteiger partial charge in [0.15, 0.2) is 17.3 Å². The van der Waals surface area contributed by atoms with Gasteiger partial charge in [0.2, 0.25) is 0 Å². The van der Waals surface area contributed by atoms with Crippen LogP contribution in [0.3, 0.4) is 0 Å². The third-order valence-corrected chi connectivity index (χ3v) is 8.81. The molecule has 0 aromatic rings. The summed E-state index contributed by atoms with van der Waals surface area (Å²) in [4.78, 5) is 49.3. The highest BCUT2D eigenvalue weighted by Gasteiger charge is 2.87. The van der Waals surface area contributed by atoms with E-state index in [1.807, 2.05) is 6.92 Å². The Morgan fingerprint density at radius 2 is 1.51 bits per heavy atom. The van der Waals surface area contributed by atoms with Crippen LogP contribution >= 0.6 is 0 Å². The number of hydrogen-bond acceptors (Lipinski definition) is 11. The number of carbonyl (C=O) groups excluding carboxylic acids is 4. The van der Waals surface area contributed by atoms with Crippen LogP contribution < -0.4 is 0 Å². The number of epoxide rings is 1. The number of ether oxygens (including phenoxy) is 5. The summed E-state index contributed by atoms with van der Waals surface area (Å²) in [7, 11) is 0. The van der Waals surface area contributed by atoms with E-state index in [2.05, 4.69) is 0 Å². The minimum atomic E-state index is -1.93. The molecule has 1 spiro atoms. The van der Waals surface area contributed by atoms with Gasteiger partial charge in [0, 0.05) is 33.1 Å². The third-order valence-electron chi connectivity index (χ3n) is 8.81. The highest BCUT2D eigenvalue weighted by molar-refractivity contribution is 5.89. The van der Waals surface area contributed by atoms with Crippen LogP contribution in [0.4, 0.5) is 0 Å². The van der Waals surface area contributed by atoms with E-state index in [9.17, 15) is 29.4 Å². The summed E-state index contributed by atoms with van der Waals surface area (Å²) in [5, 5.41) is 24.2. The Morgan fingerprint density at radius 1 is 0.973 bits per heavy atom. The van der Waals surface area contributed by atoms with Gasteiger partial charge in [-0.3, -0.25) is 14.4 Å². The van der Waals surface area contributed by atoms with Crippen molar-refractivity contribution in [3.05, 3.63) is 11.6 Å². The molecular weight excluding hydrogens is 488 g/mol. The molecule has 1 saturated carbocycles. The van der Waals surface area contributed by atoms with Crippen LogP contribution in [-0.2, 0) is 42.9 Å². The molecule has 10 unspecified atom stereocenters. The normalized spacial score (nSPS) is 46.7. The predicted molar refractivity (Wildman–Crippen MR) is 125 cm³/mol. The maximum atomic E-state index is 12.8. The van der Waals surface area contributed by atoms with Gasteiger partial charge in [-0.05, 0) is 39.7 Å². The van der Waals surface area contributed by atoms with Gasteiger partial charge in [-0.2, -0.15) is 0 Å². The molecule has 2 aliphatic heterocycles. The third kappa shape index (κ3) is 3.97. The monoisotopic (exact) mass is 524 g/mol. The Bertz CT molecular complexity index is 1050. The summed E-state index contributed by atoms with van der Waals surface area (Å²) in [5.74, 6) is -3.83. The second-order valence-corrected chi connectivity index (χ2v) is 11.4. The van der Waals surface area contributed by atoms with Crippen molar-refractivity contribution in [3.8, 4) is 0 Å². The summed E-state index contributed by atoms with van der Waals surface area (Å²) in [6.07, 6.45) is -3.44. The summed E-state index contributed by atoms with van der Waals surface area (Å²) in [6, 6.07) is 0. The van der Waals surface area contributed by atoms with E-state index in [0.717, 1.165) is 5.57 Å². The number of aliphatic hydroxyl groups is 2. The van der Waals surface area contributed by atoms with Crippen LogP contribution in [0.2, 0.25) is 0 Å². The molecule has 2 aliphatic carbocycles. The number of allylic oxidation sites excluding steroid dienone is 1. The summed E-state index contributed by atoms with van der Waals surface area (Å²) < 4.78 is 28.6. The van der Waals surface area contributed by atoms with Crippen molar-refractivity contribution in [1.29, 1.82) is 0 Å². The zero-order valence-electron chi connectivity index (χ0n) is 22.2. The summed E-state index contributed by atoms with van der Waals surface area (Å²) in [6.45, 7) is 10.1. The Balaban J connectivity index is 1.97. The Labute approximate surface area is 215 Å². The first-order chi connectivity index (χ1) is 17.0. The lowest BCUT2D eigenvalue weighted by molar-refractivity contribution is -0.274. The topological polar surface area (TPSA) is 158 Å². The van der Waals surface area contributed by atoms with E-state index in [4.69, 9.17) is 23.7 Å². The number of rotatable bonds is 3. The van der Waals surface area contributed by atoms with E-state index >= 15 is 0 Å². The maximum absolute atomic E-state index is 12.8. The molecule has 2 saturated heterocycles. The molecule has 0 aromatic heterocycles. The van der Waals surface area contributed by atoms with Crippen molar-refractivity contribution in [2.45, 2.75) is 115 Å². The van der Waals surface area contributed by atoms with Crippen molar-refractivity contribution < 1.29 is 53.1 Å². The molecule has 0 aromatic carbocycles. The van der Waals surface area contributed by atoms with E-state index in [0.29, 0.717) is 6.42 Å². The lowest BCUT2D eigenvalue weighted by atomic mass is 9.51. The molecule has 0 radical (unpaired) electrons. The van der Waals surface area contributed by atoms with Gasteiger partial charge in [0.1, 0.15) is 23.9 Å². The standard InChI is InChI=1S/C26H36O11/c1-12-8-9-16(33-13(2)27)23(5)17(34-14(3)28)11-18(35-15(4)29)24(6,32)20(23)21(30)26-19(10-12)36-22(31)25(26,7)37-26/h10,16-21,30,32H,8-9,11H2,1-7H3. The summed E-state index contributed by atoms with van der Waals surface area (Å²) in [5.41, 5.74) is -5.57. The van der Waals surface area contributed by atoms with Crippen molar-refractivity contribution in [1.82, 2.24) is 0 Å². The number of aliphatic hydroxyl groups excluding tert-OH is 1. The maximum Gasteiger partial charge on any atom is 0.342 e. The molecule has 11 heteroatoms. The predicted octanol–water partition coefficient (Wildman–Crippen LogP) is 1.11. The molecule has 4 rings (SSSR count). The van der Waals surface area contributed by atoms with E-state index in [1.165, 1.54) is 34.6 Å². The van der Waals surface area contributed by atoms with E-state index < -0.39 is 82.5 Å². The average molecular weight is 525 g/mol. The van der Waals surface area contributed by atoms with Crippen molar-refractivity contribution in [2.24, 2.45) is 11.3 Å². The SMILES string of the molecule is CC(=O)OC1CC(OC(C)=O)C2(C)C(OC(C)=O)CCC(C)=CC3OC(=O)C4(C)OC34C(O)C2C1(C)O. The fraction of sp³-hybridized carbons (Fsp3) is 0.769. The largest absolute Gasteiger partial charge is 0.462 e. The van der Waals surface area contributed by atoms with Gasteiger partial charge in [0.25, 0.3) is 0 Å². The molecule has 206 valence electrons. The van der Waals surface area contributed by atoms with Crippen LogP contribution in [0.15, 0.2) is 11.6 Å². The second-order valence-electron chi connectivity index (χ2n) is 11.4. The highest BCUT2D eigenvalue weighted by atomic mass is 16.7. The fourth-order valence-corrected chi connectivity index (χ4v) is 7.00. The number of hydrogen-bond donors (Lipinski definition) is 2. The van der Waals surface area contributed by atoms with Crippen LogP contribution in [-0.4, -0.2) is 81.4 Å². The van der Waals surface area contributed by atoms with Crippen molar-refractivity contribution in [2.75, 3.05) is 0 Å². The minimum Gasteiger partial charge on any atom is -0.462 e. The number of esters is 4. The summed E-state index contributed by atoms with van der Waals surface area (Å²) >= 11 is 0. The number of fused-ring (bicyclic) bond motifs is 1. The molecule has 37 heavy (non-hydrogen) atoms. The van der Waals surface area contributed by atoms with E-state index in [1.54, 1.807) is 13.0 Å². The van der Waals surface area contributed by atoms with Gasteiger partial charge < -0.3 is 33.9 Å². The van der Waals surface area contributed by atoms with Crippen LogP contribution in [0.1, 0.15) is 67.7 Å². The first-order valence-corrected chi connectivity index (χ1v) is 12.5. The van der Waals surface area contributed by atoms with Crippen LogP contribution in [0.25, 0.3) is 0 Å². The van der Waals surface area contributed by atoms with E-state index in [-0.39, 0.29) is 12.8 Å². The molecule has 3 fully saturated rings. The lowest BCUT2D eigenvalue weighted by Gasteiger charge is -2.59. The molecule has 4 aliphatic rings. The smallest absolute Gasteiger partial charge is 0.342 e. The average Bonchev–Trinajstić information content (AvgIpc) is 3.35. The molecule has 0 bridgehead atoms. The molecule has 10 atom stereocenters.